The summed E-state index contributed by atoms with van der Waals surface area (Å²) in [6.45, 7) is 7.12. The van der Waals surface area contributed by atoms with E-state index < -0.39 is 5.60 Å². The largest absolute Gasteiger partial charge is 0.444 e. The van der Waals surface area contributed by atoms with Crippen LogP contribution < -0.4 is 5.73 Å². The van der Waals surface area contributed by atoms with E-state index in [1.54, 1.807) is 15.6 Å². The molecule has 7 heteroatoms. The van der Waals surface area contributed by atoms with Crippen LogP contribution in [0.1, 0.15) is 39.3 Å². The molecule has 0 aromatic carbocycles. The van der Waals surface area contributed by atoms with Gasteiger partial charge >= 0.3 is 6.09 Å². The Bertz CT molecular complexity index is 726. The lowest BCUT2D eigenvalue weighted by Gasteiger charge is -2.33. The maximum atomic E-state index is 12.1. The van der Waals surface area contributed by atoms with Crippen LogP contribution >= 0.6 is 0 Å². The third-order valence-corrected chi connectivity index (χ3v) is 4.20. The molecule has 1 saturated heterocycles. The lowest BCUT2D eigenvalue weighted by molar-refractivity contribution is 0.0184. The van der Waals surface area contributed by atoms with Gasteiger partial charge in [0.15, 0.2) is 5.65 Å². The molecule has 0 unspecified atom stereocenters. The molecule has 0 radical (unpaired) electrons. The quantitative estimate of drug-likeness (QED) is 0.914. The van der Waals surface area contributed by atoms with Crippen molar-refractivity contribution in [1.82, 2.24) is 19.5 Å². The summed E-state index contributed by atoms with van der Waals surface area (Å²) < 4.78 is 7.07. The molecule has 1 aliphatic rings. The van der Waals surface area contributed by atoms with E-state index >= 15 is 0 Å². The van der Waals surface area contributed by atoms with Gasteiger partial charge in [0.2, 0.25) is 0 Å². The van der Waals surface area contributed by atoms with Gasteiger partial charge in [0.05, 0.1) is 6.20 Å². The molecule has 7 nitrogen and oxygen atoms in total. The average Bonchev–Trinajstić information content (AvgIpc) is 2.95. The summed E-state index contributed by atoms with van der Waals surface area (Å²) in [5.74, 6) is 1.10. The number of amides is 1. The molecule has 3 heterocycles. The van der Waals surface area contributed by atoms with Crippen molar-refractivity contribution >= 4 is 17.6 Å². The van der Waals surface area contributed by atoms with E-state index in [9.17, 15) is 4.79 Å². The molecule has 0 aliphatic carbocycles. The molecular weight excluding hydrogens is 306 g/mol. The van der Waals surface area contributed by atoms with Crippen molar-refractivity contribution in [2.24, 2.45) is 5.92 Å². The Morgan fingerprint density at radius 1 is 1.38 bits per heavy atom. The highest BCUT2D eigenvalue weighted by Gasteiger charge is 2.27. The lowest BCUT2D eigenvalue weighted by atomic mass is 9.92. The third kappa shape index (κ3) is 3.77. The molecule has 24 heavy (non-hydrogen) atoms. The number of hydrogen-bond donors (Lipinski definition) is 1. The minimum absolute atomic E-state index is 0.219. The molecule has 1 fully saturated rings. The van der Waals surface area contributed by atoms with E-state index in [2.05, 4.69) is 10.1 Å². The van der Waals surface area contributed by atoms with Crippen LogP contribution in [0.3, 0.4) is 0 Å². The van der Waals surface area contributed by atoms with Gasteiger partial charge in [0.25, 0.3) is 0 Å². The summed E-state index contributed by atoms with van der Waals surface area (Å²) in [6, 6.07) is 3.74. The number of carbonyl (C=O) groups excluding carboxylic acids is 1. The smallest absolute Gasteiger partial charge is 0.410 e. The molecule has 2 N–H and O–H groups in total. The van der Waals surface area contributed by atoms with E-state index in [0.29, 0.717) is 11.7 Å². The molecule has 130 valence electrons. The highest BCUT2D eigenvalue weighted by Crippen LogP contribution is 2.23. The number of rotatable bonds is 2. The maximum absolute atomic E-state index is 12.1. The summed E-state index contributed by atoms with van der Waals surface area (Å²) in [4.78, 5) is 18.5. The molecule has 2 aromatic rings. The Balaban J connectivity index is 1.57. The van der Waals surface area contributed by atoms with Crippen molar-refractivity contribution in [2.75, 3.05) is 18.8 Å². The number of ether oxygens (including phenoxy) is 1. The number of hydrogen-bond acceptors (Lipinski definition) is 5. The van der Waals surface area contributed by atoms with Crippen LogP contribution in [0, 0.1) is 5.92 Å². The summed E-state index contributed by atoms with van der Waals surface area (Å²) in [5.41, 5.74) is 7.33. The zero-order valence-corrected chi connectivity index (χ0v) is 14.5. The number of aromatic nitrogens is 3. The second-order valence-electron chi connectivity index (χ2n) is 7.39. The van der Waals surface area contributed by atoms with Crippen LogP contribution in [0.2, 0.25) is 0 Å². The van der Waals surface area contributed by atoms with Crippen LogP contribution in [-0.2, 0) is 11.2 Å². The van der Waals surface area contributed by atoms with E-state index in [1.165, 1.54) is 0 Å². The minimum atomic E-state index is -0.448. The van der Waals surface area contributed by atoms with E-state index in [-0.39, 0.29) is 6.09 Å². The minimum Gasteiger partial charge on any atom is -0.444 e. The fraction of sp³-hybridized carbons (Fsp3) is 0.588. The molecule has 1 amide bonds. The van der Waals surface area contributed by atoms with Crippen molar-refractivity contribution in [2.45, 2.75) is 45.6 Å². The summed E-state index contributed by atoms with van der Waals surface area (Å²) in [7, 11) is 0. The predicted octanol–water partition coefficient (Wildman–Crippen LogP) is 2.50. The van der Waals surface area contributed by atoms with Crippen molar-refractivity contribution in [3.63, 3.8) is 0 Å². The van der Waals surface area contributed by atoms with Gasteiger partial charge in [-0.1, -0.05) is 0 Å². The Morgan fingerprint density at radius 2 is 2.08 bits per heavy atom. The van der Waals surface area contributed by atoms with Gasteiger partial charge in [-0.3, -0.25) is 0 Å². The number of fused-ring (bicyclic) bond motifs is 1. The molecule has 0 bridgehead atoms. The predicted molar refractivity (Wildman–Crippen MR) is 91.6 cm³/mol. The van der Waals surface area contributed by atoms with Crippen LogP contribution in [0.5, 0.6) is 0 Å². The lowest BCUT2D eigenvalue weighted by Crippen LogP contribution is -2.42. The summed E-state index contributed by atoms with van der Waals surface area (Å²) >= 11 is 0. The van der Waals surface area contributed by atoms with Crippen molar-refractivity contribution in [1.29, 1.82) is 0 Å². The average molecular weight is 331 g/mol. The van der Waals surface area contributed by atoms with Gasteiger partial charge in [-0.2, -0.15) is 9.61 Å². The Morgan fingerprint density at radius 3 is 2.75 bits per heavy atom. The van der Waals surface area contributed by atoms with Crippen molar-refractivity contribution < 1.29 is 9.53 Å². The van der Waals surface area contributed by atoms with Crippen molar-refractivity contribution in [3.8, 4) is 0 Å². The number of nitrogens with zero attached hydrogens (tertiary/aromatic N) is 4. The first kappa shape index (κ1) is 16.5. The molecule has 2 aromatic heterocycles. The van der Waals surface area contributed by atoms with Gasteiger partial charge in [-0.15, -0.1) is 0 Å². The zero-order valence-electron chi connectivity index (χ0n) is 14.5. The number of piperidine rings is 1. The Hall–Kier alpha value is -2.31. The van der Waals surface area contributed by atoms with Crippen molar-refractivity contribution in [3.05, 3.63) is 24.0 Å². The maximum Gasteiger partial charge on any atom is 0.410 e. The second-order valence-corrected chi connectivity index (χ2v) is 7.39. The number of nitrogen functional groups attached to an aromatic ring is 1. The molecule has 1 aliphatic heterocycles. The number of nitrogens with two attached hydrogens (primary N) is 1. The van der Waals surface area contributed by atoms with Gasteiger partial charge in [0, 0.05) is 30.9 Å². The molecule has 3 rings (SSSR count). The van der Waals surface area contributed by atoms with E-state index in [1.807, 2.05) is 32.9 Å². The standard InChI is InChI=1S/C17H25N5O2/c1-17(2,3)24-16(23)21-8-5-12(6-9-21)10-13-11-14(18)22-15(20-13)4-7-19-22/h4,7,11-12H,5-6,8-10,18H2,1-3H3. The zero-order chi connectivity index (χ0) is 17.3. The van der Waals surface area contributed by atoms with Crippen LogP contribution in [0.25, 0.3) is 5.65 Å². The number of likely N-dealkylation sites (tertiary alicyclic amines) is 1. The number of anilines is 1. The topological polar surface area (TPSA) is 85.8 Å². The highest BCUT2D eigenvalue weighted by atomic mass is 16.6. The van der Waals surface area contributed by atoms with Gasteiger partial charge < -0.3 is 15.4 Å². The molecule has 0 spiro atoms. The van der Waals surface area contributed by atoms with Gasteiger partial charge in [-0.05, 0) is 46.0 Å². The highest BCUT2D eigenvalue weighted by molar-refractivity contribution is 5.68. The summed E-state index contributed by atoms with van der Waals surface area (Å²) in [6.07, 6.45) is 4.25. The van der Waals surface area contributed by atoms with Crippen LogP contribution in [-0.4, -0.2) is 44.3 Å². The molecule has 0 atom stereocenters. The van der Waals surface area contributed by atoms with Gasteiger partial charge in [-0.25, -0.2) is 9.78 Å². The number of carbonyl (C=O) groups is 1. The first-order chi connectivity index (χ1) is 11.3. The Labute approximate surface area is 141 Å². The van der Waals surface area contributed by atoms with Crippen LogP contribution in [0.15, 0.2) is 18.3 Å². The Kier molecular flexibility index (Phi) is 4.34. The van der Waals surface area contributed by atoms with Crippen LogP contribution in [0.4, 0.5) is 10.6 Å². The fourth-order valence-electron chi connectivity index (χ4n) is 3.04. The first-order valence-electron chi connectivity index (χ1n) is 8.39. The fourth-order valence-corrected chi connectivity index (χ4v) is 3.04. The monoisotopic (exact) mass is 331 g/mol. The first-order valence-corrected chi connectivity index (χ1v) is 8.39. The van der Waals surface area contributed by atoms with E-state index in [4.69, 9.17) is 10.5 Å². The van der Waals surface area contributed by atoms with E-state index in [0.717, 1.165) is 43.7 Å². The normalized spacial score (nSPS) is 16.5. The summed E-state index contributed by atoms with van der Waals surface area (Å²) in [5, 5.41) is 4.14. The molecule has 0 saturated carbocycles. The van der Waals surface area contributed by atoms with Gasteiger partial charge in [0.1, 0.15) is 11.4 Å². The second kappa shape index (κ2) is 6.30. The third-order valence-electron chi connectivity index (χ3n) is 4.20. The SMILES string of the molecule is CC(C)(C)OC(=O)N1CCC(Cc2cc(N)n3nccc3n2)CC1. The molecular formula is C17H25N5O2.